The second-order valence-electron chi connectivity index (χ2n) is 5.19. The number of ether oxygens (including phenoxy) is 1. The molecule has 0 radical (unpaired) electrons. The first kappa shape index (κ1) is 13.4. The van der Waals surface area contributed by atoms with Gasteiger partial charge in [0.2, 0.25) is 0 Å². The van der Waals surface area contributed by atoms with Crippen LogP contribution < -0.4 is 10.1 Å². The molecule has 0 aliphatic heterocycles. The fourth-order valence-corrected chi connectivity index (χ4v) is 2.24. The van der Waals surface area contributed by atoms with Crippen LogP contribution in [0.25, 0.3) is 0 Å². The maximum atomic E-state index is 5.26. The quantitative estimate of drug-likeness (QED) is 0.749. The van der Waals surface area contributed by atoms with E-state index in [1.54, 1.807) is 7.11 Å². The van der Waals surface area contributed by atoms with E-state index >= 15 is 0 Å². The Balaban J connectivity index is 1.71. The molecule has 1 saturated carbocycles. The molecule has 1 aliphatic carbocycles. The van der Waals surface area contributed by atoms with Crippen LogP contribution in [0.15, 0.2) is 18.2 Å². The van der Waals surface area contributed by atoms with Crippen molar-refractivity contribution in [3.8, 4) is 5.75 Å². The van der Waals surface area contributed by atoms with Gasteiger partial charge in [-0.1, -0.05) is 12.1 Å². The Morgan fingerprint density at radius 2 is 2.17 bits per heavy atom. The second-order valence-corrected chi connectivity index (χ2v) is 5.19. The van der Waals surface area contributed by atoms with Crippen molar-refractivity contribution >= 4 is 0 Å². The number of methoxy groups -OCH3 is 1. The van der Waals surface area contributed by atoms with Gasteiger partial charge in [0, 0.05) is 25.7 Å². The first-order valence-corrected chi connectivity index (χ1v) is 6.75. The number of likely N-dealkylation sites (N-methyl/N-ethyl adjacent to an activating group) is 1. The van der Waals surface area contributed by atoms with E-state index in [1.165, 1.54) is 24.0 Å². The summed E-state index contributed by atoms with van der Waals surface area (Å²) in [5, 5.41) is 3.50. The molecule has 0 aromatic heterocycles. The van der Waals surface area contributed by atoms with Crippen LogP contribution in [-0.2, 0) is 6.54 Å². The summed E-state index contributed by atoms with van der Waals surface area (Å²) in [4.78, 5) is 2.45. The van der Waals surface area contributed by atoms with Gasteiger partial charge in [-0.05, 0) is 44.0 Å². The van der Waals surface area contributed by atoms with Crippen LogP contribution in [0.3, 0.4) is 0 Å². The molecule has 1 aromatic carbocycles. The van der Waals surface area contributed by atoms with Crippen molar-refractivity contribution in [3.05, 3.63) is 29.3 Å². The summed E-state index contributed by atoms with van der Waals surface area (Å²) in [6, 6.07) is 7.22. The number of nitrogens with zero attached hydrogens (tertiary/aromatic N) is 1. The summed E-state index contributed by atoms with van der Waals surface area (Å²) in [5.41, 5.74) is 2.52. The Labute approximate surface area is 110 Å². The average molecular weight is 248 g/mol. The summed E-state index contributed by atoms with van der Waals surface area (Å²) in [5.74, 6) is 0.965. The fraction of sp³-hybridized carbons (Fsp3) is 0.600. The minimum Gasteiger partial charge on any atom is -0.496 e. The largest absolute Gasteiger partial charge is 0.496 e. The highest BCUT2D eigenvalue weighted by Gasteiger charge is 2.25. The third kappa shape index (κ3) is 3.72. The van der Waals surface area contributed by atoms with Crippen LogP contribution in [-0.4, -0.2) is 38.2 Å². The average Bonchev–Trinajstić information content (AvgIpc) is 3.19. The third-order valence-corrected chi connectivity index (χ3v) is 3.60. The van der Waals surface area contributed by atoms with Crippen molar-refractivity contribution in [1.82, 2.24) is 10.2 Å². The minimum atomic E-state index is 0.857. The molecule has 0 spiro atoms. The lowest BCUT2D eigenvalue weighted by molar-refractivity contribution is 0.321. The molecule has 0 unspecified atom stereocenters. The van der Waals surface area contributed by atoms with Crippen LogP contribution in [0.2, 0.25) is 0 Å². The number of rotatable bonds is 7. The van der Waals surface area contributed by atoms with E-state index in [2.05, 4.69) is 36.3 Å². The molecule has 100 valence electrons. The monoisotopic (exact) mass is 248 g/mol. The van der Waals surface area contributed by atoms with Crippen molar-refractivity contribution in [2.75, 3.05) is 27.2 Å². The Kier molecular flexibility index (Phi) is 4.61. The molecular formula is C15H24N2O. The molecule has 3 nitrogen and oxygen atoms in total. The number of hydrogen-bond acceptors (Lipinski definition) is 3. The van der Waals surface area contributed by atoms with Gasteiger partial charge < -0.3 is 15.0 Å². The molecule has 0 bridgehead atoms. The Morgan fingerprint density at radius 1 is 1.39 bits per heavy atom. The molecule has 18 heavy (non-hydrogen) atoms. The van der Waals surface area contributed by atoms with E-state index in [9.17, 15) is 0 Å². The lowest BCUT2D eigenvalue weighted by atomic mass is 10.1. The first-order chi connectivity index (χ1) is 8.70. The van der Waals surface area contributed by atoms with E-state index in [4.69, 9.17) is 4.74 Å². The standard InChI is InChI=1S/C15H24N2O/c1-12-10-13(4-7-15(12)18-3)11-16-8-9-17(2)14-5-6-14/h4,7,10,14,16H,5-6,8-9,11H2,1-3H3. The van der Waals surface area contributed by atoms with Crippen LogP contribution in [0.1, 0.15) is 24.0 Å². The molecule has 0 atom stereocenters. The SMILES string of the molecule is COc1ccc(CNCCN(C)C2CC2)cc1C. The van der Waals surface area contributed by atoms with Crippen molar-refractivity contribution in [1.29, 1.82) is 0 Å². The highest BCUT2D eigenvalue weighted by atomic mass is 16.5. The summed E-state index contributed by atoms with van der Waals surface area (Å²) in [7, 11) is 3.94. The van der Waals surface area contributed by atoms with Gasteiger partial charge in [-0.25, -0.2) is 0 Å². The molecule has 3 heteroatoms. The Morgan fingerprint density at radius 3 is 2.78 bits per heavy atom. The smallest absolute Gasteiger partial charge is 0.121 e. The van der Waals surface area contributed by atoms with Gasteiger partial charge in [-0.2, -0.15) is 0 Å². The Bertz CT molecular complexity index is 388. The van der Waals surface area contributed by atoms with Crippen molar-refractivity contribution in [2.24, 2.45) is 0 Å². The van der Waals surface area contributed by atoms with Gasteiger partial charge in [-0.3, -0.25) is 0 Å². The number of aryl methyl sites for hydroxylation is 1. The van der Waals surface area contributed by atoms with Gasteiger partial charge in [0.25, 0.3) is 0 Å². The van der Waals surface area contributed by atoms with Gasteiger partial charge in [0.15, 0.2) is 0 Å². The zero-order chi connectivity index (χ0) is 13.0. The molecule has 2 rings (SSSR count). The second kappa shape index (κ2) is 6.21. The third-order valence-electron chi connectivity index (χ3n) is 3.60. The summed E-state index contributed by atoms with van der Waals surface area (Å²) >= 11 is 0. The predicted octanol–water partition coefficient (Wildman–Crippen LogP) is 2.19. The number of benzene rings is 1. The molecule has 1 fully saturated rings. The zero-order valence-corrected chi connectivity index (χ0v) is 11.7. The number of hydrogen-bond donors (Lipinski definition) is 1. The van der Waals surface area contributed by atoms with E-state index in [0.29, 0.717) is 0 Å². The molecule has 0 saturated heterocycles. The van der Waals surface area contributed by atoms with E-state index in [-0.39, 0.29) is 0 Å². The van der Waals surface area contributed by atoms with Gasteiger partial charge in [0.1, 0.15) is 5.75 Å². The highest BCUT2D eigenvalue weighted by molar-refractivity contribution is 5.36. The van der Waals surface area contributed by atoms with Gasteiger partial charge in [0.05, 0.1) is 7.11 Å². The maximum Gasteiger partial charge on any atom is 0.121 e. The molecular weight excluding hydrogens is 224 g/mol. The topological polar surface area (TPSA) is 24.5 Å². The lowest BCUT2D eigenvalue weighted by Crippen LogP contribution is -2.30. The molecule has 1 N–H and O–H groups in total. The minimum absolute atomic E-state index is 0.857. The molecule has 1 aliphatic rings. The normalized spacial score (nSPS) is 15.1. The maximum absolute atomic E-state index is 5.26. The Hall–Kier alpha value is -1.06. The lowest BCUT2D eigenvalue weighted by Gasteiger charge is -2.16. The van der Waals surface area contributed by atoms with Gasteiger partial charge in [-0.15, -0.1) is 0 Å². The van der Waals surface area contributed by atoms with Crippen molar-refractivity contribution in [2.45, 2.75) is 32.4 Å². The fourth-order valence-electron chi connectivity index (χ4n) is 2.24. The highest BCUT2D eigenvalue weighted by Crippen LogP contribution is 2.24. The summed E-state index contributed by atoms with van der Waals surface area (Å²) < 4.78 is 5.26. The molecule has 0 amide bonds. The van der Waals surface area contributed by atoms with Crippen molar-refractivity contribution in [3.63, 3.8) is 0 Å². The van der Waals surface area contributed by atoms with E-state index in [1.807, 2.05) is 6.07 Å². The summed E-state index contributed by atoms with van der Waals surface area (Å²) in [6.07, 6.45) is 2.77. The van der Waals surface area contributed by atoms with Crippen LogP contribution in [0.4, 0.5) is 0 Å². The van der Waals surface area contributed by atoms with Crippen LogP contribution in [0.5, 0.6) is 5.75 Å². The molecule has 0 heterocycles. The molecule has 1 aromatic rings. The van der Waals surface area contributed by atoms with Crippen molar-refractivity contribution < 1.29 is 4.74 Å². The van der Waals surface area contributed by atoms with Crippen LogP contribution in [0, 0.1) is 6.92 Å². The summed E-state index contributed by atoms with van der Waals surface area (Å²) in [6.45, 7) is 5.21. The van der Waals surface area contributed by atoms with E-state index in [0.717, 1.165) is 31.4 Å². The zero-order valence-electron chi connectivity index (χ0n) is 11.7. The first-order valence-electron chi connectivity index (χ1n) is 6.75. The number of nitrogens with one attached hydrogen (secondary N) is 1. The van der Waals surface area contributed by atoms with Gasteiger partial charge >= 0.3 is 0 Å². The predicted molar refractivity (Wildman–Crippen MR) is 75.1 cm³/mol. The van der Waals surface area contributed by atoms with E-state index < -0.39 is 0 Å². The van der Waals surface area contributed by atoms with Crippen LogP contribution >= 0.6 is 0 Å².